The molecule has 0 saturated carbocycles. The second kappa shape index (κ2) is 6.57. The average Bonchev–Trinajstić information content (AvgIpc) is 2.24. The minimum absolute atomic E-state index is 0.0408. The minimum atomic E-state index is -2.98. The van der Waals surface area contributed by atoms with E-state index in [1.807, 2.05) is 13.8 Å². The first-order valence-electron chi connectivity index (χ1n) is 5.82. The zero-order chi connectivity index (χ0) is 12.8. The summed E-state index contributed by atoms with van der Waals surface area (Å²) in [5.41, 5.74) is 5.25. The topological polar surface area (TPSA) is 80.4 Å². The maximum atomic E-state index is 11.4. The van der Waals surface area contributed by atoms with Crippen molar-refractivity contribution in [1.82, 2.24) is 0 Å². The van der Waals surface area contributed by atoms with Gasteiger partial charge in [-0.3, -0.25) is 0 Å². The molecule has 0 aromatic carbocycles. The lowest BCUT2D eigenvalue weighted by molar-refractivity contribution is 0.104. The molecule has 0 fully saturated rings. The van der Waals surface area contributed by atoms with Crippen molar-refractivity contribution in [3.05, 3.63) is 0 Å². The molecule has 3 N–H and O–H groups in total. The molecule has 0 aliphatic rings. The molecule has 4 nitrogen and oxygen atoms in total. The summed E-state index contributed by atoms with van der Waals surface area (Å²) in [6.45, 7) is 6.03. The number of hydrogen-bond acceptors (Lipinski definition) is 4. The number of aliphatic hydroxyl groups is 1. The molecule has 1 unspecified atom stereocenters. The van der Waals surface area contributed by atoms with Crippen LogP contribution in [0.1, 0.15) is 33.6 Å². The molecule has 16 heavy (non-hydrogen) atoms. The molecule has 0 heterocycles. The number of aliphatic hydroxyl groups excluding tert-OH is 1. The van der Waals surface area contributed by atoms with E-state index in [1.54, 1.807) is 6.92 Å². The van der Waals surface area contributed by atoms with Crippen molar-refractivity contribution in [3.63, 3.8) is 0 Å². The van der Waals surface area contributed by atoms with Crippen LogP contribution in [-0.2, 0) is 9.84 Å². The smallest absolute Gasteiger partial charge is 0.150 e. The Bertz CT molecular complexity index is 282. The van der Waals surface area contributed by atoms with Crippen molar-refractivity contribution in [2.45, 2.75) is 33.6 Å². The summed E-state index contributed by atoms with van der Waals surface area (Å²) in [5, 5.41) is 9.42. The highest BCUT2D eigenvalue weighted by molar-refractivity contribution is 7.91. The lowest BCUT2D eigenvalue weighted by Crippen LogP contribution is -2.37. The van der Waals surface area contributed by atoms with E-state index in [2.05, 4.69) is 0 Å². The van der Waals surface area contributed by atoms with Crippen molar-refractivity contribution >= 4 is 9.84 Å². The second-order valence-corrected chi connectivity index (χ2v) is 7.42. The number of nitrogens with two attached hydrogens (primary N) is 1. The van der Waals surface area contributed by atoms with Crippen molar-refractivity contribution in [1.29, 1.82) is 0 Å². The van der Waals surface area contributed by atoms with Gasteiger partial charge in [0.1, 0.15) is 9.84 Å². The zero-order valence-electron chi connectivity index (χ0n) is 10.6. The SMILES string of the molecule is CCS(=O)(=O)CCC(CN)(CO)CC(C)C. The Balaban J connectivity index is 4.56. The van der Waals surface area contributed by atoms with Gasteiger partial charge < -0.3 is 10.8 Å². The molecule has 1 atom stereocenters. The van der Waals surface area contributed by atoms with Gasteiger partial charge in [-0.2, -0.15) is 0 Å². The van der Waals surface area contributed by atoms with E-state index in [4.69, 9.17) is 5.73 Å². The zero-order valence-corrected chi connectivity index (χ0v) is 11.4. The lowest BCUT2D eigenvalue weighted by atomic mass is 9.78. The Morgan fingerprint density at radius 2 is 1.94 bits per heavy atom. The number of hydrogen-bond donors (Lipinski definition) is 2. The first kappa shape index (κ1) is 15.9. The standard InChI is InChI=1S/C11H25NO3S/c1-4-16(14,15)6-5-11(8-12,9-13)7-10(2)3/h10,13H,4-9,12H2,1-3H3. The Morgan fingerprint density at radius 3 is 2.25 bits per heavy atom. The lowest BCUT2D eigenvalue weighted by Gasteiger charge is -2.32. The van der Waals surface area contributed by atoms with Crippen molar-refractivity contribution in [3.8, 4) is 0 Å². The summed E-state index contributed by atoms with van der Waals surface area (Å²) in [6.07, 6.45) is 1.22. The second-order valence-electron chi connectivity index (χ2n) is 4.95. The number of sulfone groups is 1. The fraction of sp³-hybridized carbons (Fsp3) is 1.00. The van der Waals surface area contributed by atoms with E-state index in [0.717, 1.165) is 6.42 Å². The van der Waals surface area contributed by atoms with Gasteiger partial charge in [0.2, 0.25) is 0 Å². The van der Waals surface area contributed by atoms with E-state index < -0.39 is 15.3 Å². The van der Waals surface area contributed by atoms with Gasteiger partial charge in [-0.25, -0.2) is 8.42 Å². The first-order valence-corrected chi connectivity index (χ1v) is 7.64. The van der Waals surface area contributed by atoms with Gasteiger partial charge >= 0.3 is 0 Å². The molecule has 0 saturated heterocycles. The summed E-state index contributed by atoms with van der Waals surface area (Å²) in [5.74, 6) is 0.675. The Morgan fingerprint density at radius 1 is 1.38 bits per heavy atom. The third-order valence-electron chi connectivity index (χ3n) is 2.99. The highest BCUT2D eigenvalue weighted by Gasteiger charge is 2.30. The summed E-state index contributed by atoms with van der Waals surface area (Å²) >= 11 is 0. The third-order valence-corrected chi connectivity index (χ3v) is 4.70. The Labute approximate surface area is 99.1 Å². The van der Waals surface area contributed by atoms with Crippen LogP contribution >= 0.6 is 0 Å². The molecule has 0 aliphatic carbocycles. The van der Waals surface area contributed by atoms with E-state index in [0.29, 0.717) is 18.9 Å². The third kappa shape index (κ3) is 5.27. The van der Waals surface area contributed by atoms with Crippen LogP contribution in [0.4, 0.5) is 0 Å². The molecular formula is C11H25NO3S. The van der Waals surface area contributed by atoms with E-state index in [-0.39, 0.29) is 18.1 Å². The minimum Gasteiger partial charge on any atom is -0.396 e. The van der Waals surface area contributed by atoms with Crippen LogP contribution in [-0.4, -0.2) is 38.2 Å². The Hall–Kier alpha value is -0.130. The van der Waals surface area contributed by atoms with E-state index in [9.17, 15) is 13.5 Å². The molecule has 98 valence electrons. The molecule has 5 heteroatoms. The molecule has 0 radical (unpaired) electrons. The van der Waals surface area contributed by atoms with Crippen molar-refractivity contribution in [2.75, 3.05) is 24.7 Å². The van der Waals surface area contributed by atoms with Crippen LogP contribution in [0.3, 0.4) is 0 Å². The normalized spacial score (nSPS) is 16.4. The highest BCUT2D eigenvalue weighted by Crippen LogP contribution is 2.29. The number of rotatable bonds is 8. The van der Waals surface area contributed by atoms with Crippen LogP contribution < -0.4 is 5.73 Å². The molecular weight excluding hydrogens is 226 g/mol. The Kier molecular flexibility index (Phi) is 6.51. The maximum absolute atomic E-state index is 11.4. The van der Waals surface area contributed by atoms with Crippen LogP contribution in [0.25, 0.3) is 0 Å². The fourth-order valence-corrected chi connectivity index (χ4v) is 2.91. The van der Waals surface area contributed by atoms with Gasteiger partial charge in [-0.05, 0) is 18.8 Å². The molecule has 0 spiro atoms. The van der Waals surface area contributed by atoms with Crippen LogP contribution in [0.5, 0.6) is 0 Å². The van der Waals surface area contributed by atoms with Crippen LogP contribution in [0.15, 0.2) is 0 Å². The molecule has 0 aromatic rings. The van der Waals surface area contributed by atoms with Crippen LogP contribution in [0.2, 0.25) is 0 Å². The highest BCUT2D eigenvalue weighted by atomic mass is 32.2. The molecule has 0 amide bonds. The van der Waals surface area contributed by atoms with Gasteiger partial charge in [0, 0.05) is 24.3 Å². The van der Waals surface area contributed by atoms with Crippen molar-refractivity contribution in [2.24, 2.45) is 17.1 Å². The predicted molar refractivity (Wildman–Crippen MR) is 67.0 cm³/mol. The summed E-state index contributed by atoms with van der Waals surface area (Å²) < 4.78 is 22.9. The van der Waals surface area contributed by atoms with Gasteiger partial charge in [-0.15, -0.1) is 0 Å². The quantitative estimate of drug-likeness (QED) is 0.668. The van der Waals surface area contributed by atoms with Crippen molar-refractivity contribution < 1.29 is 13.5 Å². The largest absolute Gasteiger partial charge is 0.396 e. The summed E-state index contributed by atoms with van der Waals surface area (Å²) in [6, 6.07) is 0. The summed E-state index contributed by atoms with van der Waals surface area (Å²) in [4.78, 5) is 0. The van der Waals surface area contributed by atoms with Gasteiger partial charge in [-0.1, -0.05) is 20.8 Å². The first-order chi connectivity index (χ1) is 7.31. The van der Waals surface area contributed by atoms with Gasteiger partial charge in [0.15, 0.2) is 0 Å². The van der Waals surface area contributed by atoms with E-state index in [1.165, 1.54) is 0 Å². The fourth-order valence-electron chi connectivity index (χ4n) is 1.88. The van der Waals surface area contributed by atoms with Gasteiger partial charge in [0.05, 0.1) is 5.75 Å². The average molecular weight is 251 g/mol. The monoisotopic (exact) mass is 251 g/mol. The van der Waals surface area contributed by atoms with Gasteiger partial charge in [0.25, 0.3) is 0 Å². The summed E-state index contributed by atoms with van der Waals surface area (Å²) in [7, 11) is -2.98. The maximum Gasteiger partial charge on any atom is 0.150 e. The molecule has 0 aromatic heterocycles. The predicted octanol–water partition coefficient (Wildman–Crippen LogP) is 0.795. The molecule has 0 aliphatic heterocycles. The van der Waals surface area contributed by atoms with E-state index >= 15 is 0 Å². The molecule has 0 bridgehead atoms. The molecule has 0 rings (SSSR count). The van der Waals surface area contributed by atoms with Crippen LogP contribution in [0, 0.1) is 11.3 Å².